The molecule has 1 unspecified atom stereocenters. The van der Waals surface area contributed by atoms with Crippen LogP contribution in [0, 0.1) is 0 Å². The molecule has 1 atom stereocenters. The zero-order valence-electron chi connectivity index (χ0n) is 11.9. The zero-order chi connectivity index (χ0) is 16.1. The van der Waals surface area contributed by atoms with Crippen molar-refractivity contribution in [2.75, 3.05) is 12.8 Å². The molecule has 0 radical (unpaired) electrons. The van der Waals surface area contributed by atoms with Crippen LogP contribution in [0.1, 0.15) is 12.5 Å². The Morgan fingerprint density at radius 2 is 1.91 bits per heavy atom. The Bertz CT molecular complexity index is 799. The van der Waals surface area contributed by atoms with E-state index in [1.807, 2.05) is 0 Å². The number of carbonyl (C=O) groups is 2. The molecule has 2 aliphatic rings. The van der Waals surface area contributed by atoms with Gasteiger partial charge in [0.1, 0.15) is 12.3 Å². The van der Waals surface area contributed by atoms with Crippen LogP contribution in [-0.4, -0.2) is 49.4 Å². The molecule has 0 saturated carbocycles. The summed E-state index contributed by atoms with van der Waals surface area (Å²) >= 11 is 0. The monoisotopic (exact) mass is 323 g/mol. The molecule has 1 fully saturated rings. The van der Waals surface area contributed by atoms with Crippen molar-refractivity contribution in [2.24, 2.45) is 5.10 Å². The first-order valence-electron chi connectivity index (χ1n) is 6.40. The van der Waals surface area contributed by atoms with E-state index in [1.165, 1.54) is 12.1 Å². The van der Waals surface area contributed by atoms with Crippen LogP contribution in [0.25, 0.3) is 0 Å². The molecule has 0 spiro atoms. The lowest BCUT2D eigenvalue weighted by molar-refractivity contribution is -0.151. The minimum atomic E-state index is -3.30. The number of amides is 1. The Morgan fingerprint density at radius 3 is 2.50 bits per heavy atom. The molecule has 116 valence electrons. The number of rotatable bonds is 2. The summed E-state index contributed by atoms with van der Waals surface area (Å²) in [6, 6.07) is 6.02. The van der Waals surface area contributed by atoms with Crippen LogP contribution in [0.4, 0.5) is 0 Å². The van der Waals surface area contributed by atoms with Crippen LogP contribution in [-0.2, 0) is 24.3 Å². The maximum Gasteiger partial charge on any atom is 0.346 e. The maximum absolute atomic E-state index is 12.3. The molecular formula is C13H13N3O5S. The van der Waals surface area contributed by atoms with Gasteiger partial charge in [0, 0.05) is 11.8 Å². The van der Waals surface area contributed by atoms with Gasteiger partial charge in [-0.1, -0.05) is 12.1 Å². The fourth-order valence-corrected chi connectivity index (χ4v) is 2.98. The molecule has 22 heavy (non-hydrogen) atoms. The topological polar surface area (TPSA) is 105 Å². The van der Waals surface area contributed by atoms with E-state index in [0.717, 1.165) is 11.3 Å². The van der Waals surface area contributed by atoms with Gasteiger partial charge in [-0.15, -0.1) is 5.48 Å². The van der Waals surface area contributed by atoms with Crippen LogP contribution < -0.4 is 5.48 Å². The van der Waals surface area contributed by atoms with Crippen LogP contribution in [0.15, 0.2) is 34.3 Å². The summed E-state index contributed by atoms with van der Waals surface area (Å²) < 4.78 is 23.0. The largest absolute Gasteiger partial charge is 0.368 e. The second-order valence-corrected chi connectivity index (χ2v) is 7.32. The van der Waals surface area contributed by atoms with Crippen LogP contribution in [0.3, 0.4) is 0 Å². The molecule has 1 amide bonds. The predicted molar refractivity (Wildman–Crippen MR) is 75.4 cm³/mol. The Balaban J connectivity index is 2.03. The van der Waals surface area contributed by atoms with E-state index in [9.17, 15) is 18.0 Å². The lowest BCUT2D eigenvalue weighted by atomic mass is 9.91. The highest BCUT2D eigenvalue weighted by atomic mass is 32.2. The Labute approximate surface area is 126 Å². The van der Waals surface area contributed by atoms with Gasteiger partial charge in [0.25, 0.3) is 5.91 Å². The SMILES string of the molecule is CC12NOC(=O)CN(N=C1c1ccc(S(C)(=O)=O)cc1)C2=O. The van der Waals surface area contributed by atoms with Crippen molar-refractivity contribution in [3.63, 3.8) is 0 Å². The van der Waals surface area contributed by atoms with Crippen molar-refractivity contribution in [2.45, 2.75) is 17.4 Å². The van der Waals surface area contributed by atoms with Crippen LogP contribution in [0.5, 0.6) is 0 Å². The number of nitrogens with zero attached hydrogens (tertiary/aromatic N) is 2. The molecule has 1 aromatic rings. The summed E-state index contributed by atoms with van der Waals surface area (Å²) in [7, 11) is -3.30. The van der Waals surface area contributed by atoms with Gasteiger partial charge in [0.2, 0.25) is 0 Å². The van der Waals surface area contributed by atoms with E-state index in [0.29, 0.717) is 11.3 Å². The number of carbonyl (C=O) groups excluding carboxylic acids is 2. The number of sulfone groups is 1. The van der Waals surface area contributed by atoms with E-state index in [1.54, 1.807) is 19.1 Å². The van der Waals surface area contributed by atoms with Crippen molar-refractivity contribution in [3.8, 4) is 0 Å². The summed E-state index contributed by atoms with van der Waals surface area (Å²) in [4.78, 5) is 28.6. The molecule has 2 bridgehead atoms. The summed E-state index contributed by atoms with van der Waals surface area (Å²) in [5.74, 6) is -1.01. The fraction of sp³-hybridized carbons (Fsp3) is 0.308. The molecule has 9 heteroatoms. The minimum absolute atomic E-state index is 0.172. The van der Waals surface area contributed by atoms with Gasteiger partial charge in [-0.05, 0) is 19.1 Å². The van der Waals surface area contributed by atoms with Crippen molar-refractivity contribution < 1.29 is 22.8 Å². The van der Waals surface area contributed by atoms with E-state index < -0.39 is 27.3 Å². The van der Waals surface area contributed by atoms with Crippen molar-refractivity contribution in [3.05, 3.63) is 29.8 Å². The van der Waals surface area contributed by atoms with Gasteiger partial charge in [-0.3, -0.25) is 4.79 Å². The maximum atomic E-state index is 12.3. The summed E-state index contributed by atoms with van der Waals surface area (Å²) in [5.41, 5.74) is 2.09. The average Bonchev–Trinajstić information content (AvgIpc) is 2.63. The Hall–Kier alpha value is -2.26. The molecule has 1 saturated heterocycles. The first-order chi connectivity index (χ1) is 10.2. The molecule has 2 aliphatic heterocycles. The number of benzene rings is 1. The third-order valence-corrected chi connectivity index (χ3v) is 4.69. The number of hydroxylamine groups is 1. The van der Waals surface area contributed by atoms with Gasteiger partial charge in [0.05, 0.1) is 4.90 Å². The first kappa shape index (κ1) is 14.7. The number of hydrazone groups is 1. The molecule has 0 aliphatic carbocycles. The highest BCUT2D eigenvalue weighted by Crippen LogP contribution is 2.27. The Morgan fingerprint density at radius 1 is 1.27 bits per heavy atom. The van der Waals surface area contributed by atoms with E-state index in [2.05, 4.69) is 10.6 Å². The lowest BCUT2D eigenvalue weighted by Crippen LogP contribution is -2.53. The van der Waals surface area contributed by atoms with Crippen molar-refractivity contribution in [1.29, 1.82) is 0 Å². The van der Waals surface area contributed by atoms with Gasteiger partial charge >= 0.3 is 5.97 Å². The molecule has 8 nitrogen and oxygen atoms in total. The fourth-order valence-electron chi connectivity index (χ4n) is 2.34. The third-order valence-electron chi connectivity index (χ3n) is 3.56. The first-order valence-corrected chi connectivity index (χ1v) is 8.29. The molecule has 2 heterocycles. The highest BCUT2D eigenvalue weighted by Gasteiger charge is 2.51. The normalized spacial score (nSPS) is 24.8. The smallest absolute Gasteiger partial charge is 0.346 e. The average molecular weight is 323 g/mol. The third kappa shape index (κ3) is 2.18. The van der Waals surface area contributed by atoms with Gasteiger partial charge < -0.3 is 4.84 Å². The predicted octanol–water partition coefficient (Wildman–Crippen LogP) is -0.544. The standard InChI is InChI=1S/C13H13N3O5S/c1-13-11(8-3-5-9(6-4-8)22(2,19)20)14-16(12(13)18)7-10(17)21-15-13/h3-6,15H,7H2,1-2H3. The molecule has 1 aromatic carbocycles. The van der Waals surface area contributed by atoms with Gasteiger partial charge in [-0.25, -0.2) is 18.2 Å². The number of fused-ring (bicyclic) bond motifs is 2. The van der Waals surface area contributed by atoms with Gasteiger partial charge in [0.15, 0.2) is 15.4 Å². The second-order valence-electron chi connectivity index (χ2n) is 5.31. The van der Waals surface area contributed by atoms with E-state index in [4.69, 9.17) is 4.84 Å². The molecular weight excluding hydrogens is 310 g/mol. The van der Waals surface area contributed by atoms with Crippen LogP contribution >= 0.6 is 0 Å². The van der Waals surface area contributed by atoms with Gasteiger partial charge in [-0.2, -0.15) is 5.10 Å². The second kappa shape index (κ2) is 4.62. The quantitative estimate of drug-likeness (QED) is 0.783. The van der Waals surface area contributed by atoms with Crippen LogP contribution in [0.2, 0.25) is 0 Å². The summed E-state index contributed by atoms with van der Waals surface area (Å²) in [5, 5.41) is 5.21. The van der Waals surface area contributed by atoms with Crippen molar-refractivity contribution in [1.82, 2.24) is 10.5 Å². The summed E-state index contributed by atoms with van der Waals surface area (Å²) in [6.45, 7) is 1.28. The lowest BCUT2D eigenvalue weighted by Gasteiger charge is -2.22. The number of hydrogen-bond donors (Lipinski definition) is 1. The number of nitrogens with one attached hydrogen (secondary N) is 1. The zero-order valence-corrected chi connectivity index (χ0v) is 12.7. The summed E-state index contributed by atoms with van der Waals surface area (Å²) in [6.07, 6.45) is 1.11. The van der Waals surface area contributed by atoms with Crippen molar-refractivity contribution >= 4 is 27.4 Å². The molecule has 3 rings (SSSR count). The molecule has 1 N–H and O–H groups in total. The van der Waals surface area contributed by atoms with E-state index in [-0.39, 0.29) is 11.4 Å². The minimum Gasteiger partial charge on any atom is -0.368 e. The Kier molecular flexibility index (Phi) is 3.08. The van der Waals surface area contributed by atoms with E-state index >= 15 is 0 Å². The highest BCUT2D eigenvalue weighted by molar-refractivity contribution is 7.90. The number of hydrogen-bond acceptors (Lipinski definition) is 7. The molecule has 0 aromatic heterocycles.